The quantitative estimate of drug-likeness (QED) is 0.487. The molecular formula is C25H25N5O3. The lowest BCUT2D eigenvalue weighted by Gasteiger charge is -2.13. The van der Waals surface area contributed by atoms with Gasteiger partial charge in [0.15, 0.2) is 0 Å². The number of aliphatic hydroxyl groups excluding tert-OH is 1. The minimum absolute atomic E-state index is 0.207. The van der Waals surface area contributed by atoms with E-state index in [9.17, 15) is 9.90 Å². The normalized spacial score (nSPS) is 17.9. The first-order chi connectivity index (χ1) is 16.0. The number of aliphatic hydroxyl groups is 1. The van der Waals surface area contributed by atoms with Crippen LogP contribution in [-0.2, 0) is 0 Å². The van der Waals surface area contributed by atoms with Gasteiger partial charge in [-0.1, -0.05) is 18.2 Å². The molecule has 33 heavy (non-hydrogen) atoms. The van der Waals surface area contributed by atoms with Crippen LogP contribution in [0.4, 0.5) is 5.69 Å². The van der Waals surface area contributed by atoms with Crippen molar-refractivity contribution in [3.63, 3.8) is 0 Å². The number of aromatic nitrogens is 4. The number of methoxy groups -OCH3 is 1. The molecule has 1 aliphatic rings. The largest absolute Gasteiger partial charge is 0.496 e. The minimum Gasteiger partial charge on any atom is -0.496 e. The molecule has 0 amide bonds. The fourth-order valence-electron chi connectivity index (χ4n) is 4.44. The zero-order chi connectivity index (χ0) is 22.9. The van der Waals surface area contributed by atoms with Gasteiger partial charge in [0.05, 0.1) is 42.9 Å². The number of nitrogens with one attached hydrogen (secondary N) is 1. The zero-order valence-corrected chi connectivity index (χ0v) is 18.5. The Labute approximate surface area is 190 Å². The van der Waals surface area contributed by atoms with E-state index < -0.39 is 0 Å². The van der Waals surface area contributed by atoms with Crippen molar-refractivity contribution < 1.29 is 9.84 Å². The molecule has 0 spiro atoms. The van der Waals surface area contributed by atoms with Gasteiger partial charge in [-0.15, -0.1) is 0 Å². The fourth-order valence-corrected chi connectivity index (χ4v) is 4.44. The van der Waals surface area contributed by atoms with E-state index in [2.05, 4.69) is 20.4 Å². The van der Waals surface area contributed by atoms with E-state index in [1.165, 1.54) is 4.68 Å². The second-order valence-corrected chi connectivity index (χ2v) is 8.38. The van der Waals surface area contributed by atoms with Crippen molar-refractivity contribution in [1.29, 1.82) is 0 Å². The summed E-state index contributed by atoms with van der Waals surface area (Å²) in [6.07, 6.45) is 7.10. The van der Waals surface area contributed by atoms with Crippen LogP contribution < -0.4 is 15.6 Å². The first-order valence-electron chi connectivity index (χ1n) is 11.0. The van der Waals surface area contributed by atoms with Gasteiger partial charge in [0, 0.05) is 11.4 Å². The molecule has 1 saturated carbocycles. The highest BCUT2D eigenvalue weighted by Crippen LogP contribution is 2.31. The fraction of sp³-hybridized carbons (Fsp3) is 0.280. The summed E-state index contributed by atoms with van der Waals surface area (Å²) in [5.74, 6) is 1.03. The zero-order valence-electron chi connectivity index (χ0n) is 18.5. The molecule has 4 aromatic rings. The summed E-state index contributed by atoms with van der Waals surface area (Å²) in [4.78, 5) is 21.7. The average molecular weight is 444 g/mol. The Balaban J connectivity index is 1.44. The van der Waals surface area contributed by atoms with Gasteiger partial charge < -0.3 is 15.2 Å². The third-order valence-corrected chi connectivity index (χ3v) is 6.21. The SMILES string of the molecule is COc1cccc(-c2ccc3c(=O)n(-c4ncc(N[C@H]5CC[C@H](O)C5)cn4)ncc3c2)c1C. The molecule has 2 N–H and O–H groups in total. The molecular weight excluding hydrogens is 418 g/mol. The molecule has 2 atom stereocenters. The Bertz CT molecular complexity index is 1370. The molecule has 2 aromatic carbocycles. The molecule has 0 saturated heterocycles. The summed E-state index contributed by atoms with van der Waals surface area (Å²) in [5, 5.41) is 18.6. The first-order valence-corrected chi connectivity index (χ1v) is 11.0. The van der Waals surface area contributed by atoms with Crippen molar-refractivity contribution in [3.8, 4) is 22.8 Å². The Morgan fingerprint density at radius 1 is 1.12 bits per heavy atom. The second kappa shape index (κ2) is 8.63. The number of nitrogens with zero attached hydrogens (tertiary/aromatic N) is 4. The van der Waals surface area contributed by atoms with Gasteiger partial charge in [-0.2, -0.15) is 9.78 Å². The van der Waals surface area contributed by atoms with Crippen molar-refractivity contribution in [2.75, 3.05) is 12.4 Å². The molecule has 0 aliphatic heterocycles. The molecule has 5 rings (SSSR count). The van der Waals surface area contributed by atoms with E-state index in [-0.39, 0.29) is 23.7 Å². The van der Waals surface area contributed by atoms with E-state index in [4.69, 9.17) is 4.74 Å². The molecule has 2 heterocycles. The van der Waals surface area contributed by atoms with Crippen LogP contribution in [0, 0.1) is 6.92 Å². The van der Waals surface area contributed by atoms with E-state index in [0.717, 1.165) is 46.4 Å². The standard InChI is InChI=1S/C25H25N5O3/c1-15-21(4-3-5-23(15)33-2)16-6-9-22-17(10-16)12-28-30(24(22)32)25-26-13-19(14-27-25)29-18-7-8-20(31)11-18/h3-6,9-10,12-14,18,20,29,31H,7-8,11H2,1-2H3/t18-,20-/m0/s1. The molecule has 0 unspecified atom stereocenters. The summed E-state index contributed by atoms with van der Waals surface area (Å²) in [6, 6.07) is 11.8. The third-order valence-electron chi connectivity index (χ3n) is 6.21. The summed E-state index contributed by atoms with van der Waals surface area (Å²) >= 11 is 0. The monoisotopic (exact) mass is 443 g/mol. The number of fused-ring (bicyclic) bond motifs is 1. The van der Waals surface area contributed by atoms with E-state index in [1.807, 2.05) is 43.3 Å². The lowest BCUT2D eigenvalue weighted by atomic mass is 9.98. The highest BCUT2D eigenvalue weighted by molar-refractivity contribution is 5.87. The van der Waals surface area contributed by atoms with E-state index >= 15 is 0 Å². The molecule has 1 fully saturated rings. The molecule has 2 aromatic heterocycles. The van der Waals surface area contributed by atoms with Crippen LogP contribution in [0.5, 0.6) is 5.75 Å². The van der Waals surface area contributed by atoms with Crippen LogP contribution in [0.3, 0.4) is 0 Å². The van der Waals surface area contributed by atoms with Crippen LogP contribution in [0.1, 0.15) is 24.8 Å². The van der Waals surface area contributed by atoms with Crippen molar-refractivity contribution in [2.24, 2.45) is 0 Å². The lowest BCUT2D eigenvalue weighted by Crippen LogP contribution is -2.23. The second-order valence-electron chi connectivity index (χ2n) is 8.38. The van der Waals surface area contributed by atoms with Crippen molar-refractivity contribution in [1.82, 2.24) is 19.7 Å². The molecule has 8 nitrogen and oxygen atoms in total. The molecule has 0 bridgehead atoms. The van der Waals surface area contributed by atoms with Gasteiger partial charge in [0.2, 0.25) is 0 Å². The maximum atomic E-state index is 13.1. The average Bonchev–Trinajstić information content (AvgIpc) is 3.24. The smallest absolute Gasteiger partial charge is 0.282 e. The van der Waals surface area contributed by atoms with Gasteiger partial charge in [0.25, 0.3) is 11.5 Å². The van der Waals surface area contributed by atoms with Gasteiger partial charge >= 0.3 is 0 Å². The topological polar surface area (TPSA) is 102 Å². The number of ether oxygens (including phenoxy) is 1. The van der Waals surface area contributed by atoms with Crippen LogP contribution in [-0.4, -0.2) is 44.1 Å². The first kappa shape index (κ1) is 21.1. The number of hydrogen-bond donors (Lipinski definition) is 2. The highest BCUT2D eigenvalue weighted by atomic mass is 16.5. The predicted octanol–water partition coefficient (Wildman–Crippen LogP) is 3.49. The van der Waals surface area contributed by atoms with Crippen molar-refractivity contribution >= 4 is 16.5 Å². The van der Waals surface area contributed by atoms with Crippen LogP contribution >= 0.6 is 0 Å². The number of rotatable bonds is 5. The molecule has 168 valence electrons. The summed E-state index contributed by atoms with van der Waals surface area (Å²) in [5.41, 5.74) is 3.55. The third kappa shape index (κ3) is 4.05. The Morgan fingerprint density at radius 2 is 1.94 bits per heavy atom. The van der Waals surface area contributed by atoms with Crippen molar-refractivity contribution in [2.45, 2.75) is 38.3 Å². The molecule has 0 radical (unpaired) electrons. The van der Waals surface area contributed by atoms with Crippen LogP contribution in [0.15, 0.2) is 59.8 Å². The van der Waals surface area contributed by atoms with Gasteiger partial charge in [-0.3, -0.25) is 4.79 Å². The number of anilines is 1. The lowest BCUT2D eigenvalue weighted by molar-refractivity contribution is 0.182. The molecule has 8 heteroatoms. The number of hydrogen-bond acceptors (Lipinski definition) is 7. The molecule has 1 aliphatic carbocycles. The summed E-state index contributed by atoms with van der Waals surface area (Å²) in [7, 11) is 1.66. The summed E-state index contributed by atoms with van der Waals surface area (Å²) in [6.45, 7) is 2.01. The Kier molecular flexibility index (Phi) is 5.51. The van der Waals surface area contributed by atoms with E-state index in [1.54, 1.807) is 25.7 Å². The summed E-state index contributed by atoms with van der Waals surface area (Å²) < 4.78 is 6.64. The van der Waals surface area contributed by atoms with Gasteiger partial charge in [-0.05, 0) is 61.1 Å². The Morgan fingerprint density at radius 3 is 2.67 bits per heavy atom. The van der Waals surface area contributed by atoms with Gasteiger partial charge in [-0.25, -0.2) is 9.97 Å². The maximum Gasteiger partial charge on any atom is 0.282 e. The van der Waals surface area contributed by atoms with Gasteiger partial charge in [0.1, 0.15) is 5.75 Å². The van der Waals surface area contributed by atoms with Crippen LogP contribution in [0.25, 0.3) is 27.8 Å². The predicted molar refractivity (Wildman–Crippen MR) is 127 cm³/mol. The van der Waals surface area contributed by atoms with Crippen LogP contribution in [0.2, 0.25) is 0 Å². The Hall–Kier alpha value is -3.78. The van der Waals surface area contributed by atoms with E-state index in [0.29, 0.717) is 11.8 Å². The maximum absolute atomic E-state index is 13.1. The van der Waals surface area contributed by atoms with Crippen molar-refractivity contribution in [3.05, 3.63) is 70.9 Å². The highest BCUT2D eigenvalue weighted by Gasteiger charge is 2.22. The number of benzene rings is 2. The minimum atomic E-state index is -0.277.